The van der Waals surface area contributed by atoms with Crippen LogP contribution in [0.1, 0.15) is 39.1 Å². The van der Waals surface area contributed by atoms with E-state index in [1.54, 1.807) is 0 Å². The first-order valence-corrected chi connectivity index (χ1v) is 6.71. The number of hydrogen-bond donors (Lipinski definition) is 0. The maximum Gasteiger partial charge on any atom is 0.0896 e. The third kappa shape index (κ3) is 3.32. The molecule has 0 atom stereocenters. The number of hydrogen-bond acceptors (Lipinski definition) is 2. The van der Waals surface area contributed by atoms with Gasteiger partial charge in [0.25, 0.3) is 0 Å². The van der Waals surface area contributed by atoms with Crippen molar-refractivity contribution in [2.24, 2.45) is 5.92 Å². The lowest BCUT2D eigenvalue weighted by molar-refractivity contribution is 0.0917. The molecule has 16 heavy (non-hydrogen) atoms. The third-order valence-corrected chi connectivity index (χ3v) is 3.30. The van der Waals surface area contributed by atoms with E-state index in [1.807, 2.05) is 4.68 Å². The smallest absolute Gasteiger partial charge is 0.0896 e. The number of rotatable bonds is 6. The van der Waals surface area contributed by atoms with Gasteiger partial charge in [0.15, 0.2) is 0 Å². The van der Waals surface area contributed by atoms with Crippen LogP contribution in [-0.4, -0.2) is 16.4 Å². The van der Waals surface area contributed by atoms with Gasteiger partial charge >= 0.3 is 0 Å². The van der Waals surface area contributed by atoms with Crippen molar-refractivity contribution in [1.82, 2.24) is 9.78 Å². The van der Waals surface area contributed by atoms with Crippen molar-refractivity contribution in [3.63, 3.8) is 0 Å². The minimum atomic E-state index is 0.572. The molecule has 0 fully saturated rings. The molecule has 0 aromatic carbocycles. The topological polar surface area (TPSA) is 27.1 Å². The quantitative estimate of drug-likeness (QED) is 0.802. The van der Waals surface area contributed by atoms with Crippen LogP contribution in [0.25, 0.3) is 0 Å². The number of aryl methyl sites for hydroxylation is 2. The first kappa shape index (κ1) is 13.7. The summed E-state index contributed by atoms with van der Waals surface area (Å²) in [5.41, 5.74) is 2.27. The van der Waals surface area contributed by atoms with Gasteiger partial charge in [-0.3, -0.25) is 4.68 Å². The Morgan fingerprint density at radius 2 is 2.06 bits per heavy atom. The van der Waals surface area contributed by atoms with Crippen molar-refractivity contribution >= 4 is 15.9 Å². The summed E-state index contributed by atoms with van der Waals surface area (Å²) in [6.07, 6.45) is 0.949. The molecule has 0 amide bonds. The van der Waals surface area contributed by atoms with Crippen molar-refractivity contribution < 1.29 is 4.74 Å². The van der Waals surface area contributed by atoms with Crippen LogP contribution in [0.4, 0.5) is 0 Å². The van der Waals surface area contributed by atoms with Gasteiger partial charge in [-0.15, -0.1) is 0 Å². The predicted octanol–water partition coefficient (Wildman–Crippen LogP) is 3.40. The Balaban J connectivity index is 2.73. The first-order valence-electron chi connectivity index (χ1n) is 5.91. The van der Waals surface area contributed by atoms with E-state index in [0.717, 1.165) is 35.4 Å². The van der Waals surface area contributed by atoms with Gasteiger partial charge in [-0.2, -0.15) is 5.10 Å². The lowest BCUT2D eigenvalue weighted by atomic mass is 10.2. The maximum atomic E-state index is 5.67. The largest absolute Gasteiger partial charge is 0.375 e. The Labute approximate surface area is 106 Å². The highest BCUT2D eigenvalue weighted by molar-refractivity contribution is 9.10. The SMILES string of the molecule is CCc1nn(CC)c(COCC(C)C)c1Br. The lowest BCUT2D eigenvalue weighted by Gasteiger charge is -2.08. The van der Waals surface area contributed by atoms with Crippen molar-refractivity contribution in [2.45, 2.75) is 47.3 Å². The van der Waals surface area contributed by atoms with E-state index in [-0.39, 0.29) is 0 Å². The summed E-state index contributed by atoms with van der Waals surface area (Å²) in [5, 5.41) is 4.53. The summed E-state index contributed by atoms with van der Waals surface area (Å²) in [7, 11) is 0. The molecular formula is C12H21BrN2O. The zero-order valence-electron chi connectivity index (χ0n) is 10.6. The van der Waals surface area contributed by atoms with E-state index in [2.05, 4.69) is 48.7 Å². The van der Waals surface area contributed by atoms with Crippen LogP contribution in [0, 0.1) is 5.92 Å². The molecule has 0 unspecified atom stereocenters. The predicted molar refractivity (Wildman–Crippen MR) is 69.5 cm³/mol. The Morgan fingerprint density at radius 3 is 2.56 bits per heavy atom. The molecule has 1 heterocycles. The van der Waals surface area contributed by atoms with Gasteiger partial charge in [0, 0.05) is 13.2 Å². The molecule has 0 spiro atoms. The van der Waals surface area contributed by atoms with Crippen LogP contribution in [0.5, 0.6) is 0 Å². The second-order valence-corrected chi connectivity index (χ2v) is 5.08. The fraction of sp³-hybridized carbons (Fsp3) is 0.750. The van der Waals surface area contributed by atoms with Crippen LogP contribution in [0.2, 0.25) is 0 Å². The van der Waals surface area contributed by atoms with Crippen molar-refractivity contribution in [2.75, 3.05) is 6.61 Å². The molecule has 0 N–H and O–H groups in total. The summed E-state index contributed by atoms with van der Waals surface area (Å²) in [6.45, 7) is 10.9. The highest BCUT2D eigenvalue weighted by Crippen LogP contribution is 2.23. The van der Waals surface area contributed by atoms with Crippen molar-refractivity contribution in [1.29, 1.82) is 0 Å². The lowest BCUT2D eigenvalue weighted by Crippen LogP contribution is -2.07. The Bertz CT molecular complexity index is 334. The second kappa shape index (κ2) is 6.40. The molecule has 1 aromatic rings. The molecule has 0 bridgehead atoms. The summed E-state index contributed by atoms with van der Waals surface area (Å²) < 4.78 is 8.80. The fourth-order valence-electron chi connectivity index (χ4n) is 1.55. The molecule has 4 heteroatoms. The molecule has 92 valence electrons. The molecular weight excluding hydrogens is 268 g/mol. The zero-order chi connectivity index (χ0) is 12.1. The highest BCUT2D eigenvalue weighted by Gasteiger charge is 2.13. The van der Waals surface area contributed by atoms with Crippen molar-refractivity contribution in [3.05, 3.63) is 15.9 Å². The Kier molecular flexibility index (Phi) is 5.49. The molecule has 0 aliphatic rings. The number of halogens is 1. The van der Waals surface area contributed by atoms with E-state index in [4.69, 9.17) is 4.74 Å². The molecule has 1 rings (SSSR count). The van der Waals surface area contributed by atoms with Gasteiger partial charge in [-0.05, 0) is 35.2 Å². The van der Waals surface area contributed by atoms with Gasteiger partial charge in [0.2, 0.25) is 0 Å². The Morgan fingerprint density at radius 1 is 1.38 bits per heavy atom. The van der Waals surface area contributed by atoms with Crippen molar-refractivity contribution in [3.8, 4) is 0 Å². The summed E-state index contributed by atoms with van der Waals surface area (Å²) in [4.78, 5) is 0. The highest BCUT2D eigenvalue weighted by atomic mass is 79.9. The van der Waals surface area contributed by atoms with Crippen LogP contribution in [-0.2, 0) is 24.3 Å². The first-order chi connectivity index (χ1) is 7.60. The van der Waals surface area contributed by atoms with Crippen LogP contribution in [0.15, 0.2) is 4.47 Å². The minimum absolute atomic E-state index is 0.572. The third-order valence-electron chi connectivity index (χ3n) is 2.38. The van der Waals surface area contributed by atoms with Gasteiger partial charge in [-0.25, -0.2) is 0 Å². The second-order valence-electron chi connectivity index (χ2n) is 4.29. The standard InChI is InChI=1S/C12H21BrN2O/c1-5-10-12(13)11(15(6-2)14-10)8-16-7-9(3)4/h9H,5-8H2,1-4H3. The summed E-state index contributed by atoms with van der Waals surface area (Å²) in [5.74, 6) is 0.572. The van der Waals surface area contributed by atoms with Crippen LogP contribution >= 0.6 is 15.9 Å². The van der Waals surface area contributed by atoms with E-state index in [0.29, 0.717) is 12.5 Å². The van der Waals surface area contributed by atoms with Gasteiger partial charge in [0.05, 0.1) is 22.5 Å². The van der Waals surface area contributed by atoms with Crippen LogP contribution < -0.4 is 0 Å². The molecule has 1 aromatic heterocycles. The molecule has 0 saturated carbocycles. The van der Waals surface area contributed by atoms with E-state index in [1.165, 1.54) is 0 Å². The summed E-state index contributed by atoms with van der Waals surface area (Å²) >= 11 is 3.61. The van der Waals surface area contributed by atoms with Crippen LogP contribution in [0.3, 0.4) is 0 Å². The monoisotopic (exact) mass is 288 g/mol. The number of nitrogens with zero attached hydrogens (tertiary/aromatic N) is 2. The van der Waals surface area contributed by atoms with E-state index < -0.39 is 0 Å². The minimum Gasteiger partial charge on any atom is -0.375 e. The van der Waals surface area contributed by atoms with Gasteiger partial charge in [-0.1, -0.05) is 20.8 Å². The molecule has 0 radical (unpaired) electrons. The van der Waals surface area contributed by atoms with E-state index in [9.17, 15) is 0 Å². The molecule has 0 saturated heterocycles. The zero-order valence-corrected chi connectivity index (χ0v) is 12.2. The molecule has 0 aliphatic heterocycles. The van der Waals surface area contributed by atoms with E-state index >= 15 is 0 Å². The van der Waals surface area contributed by atoms with Gasteiger partial charge < -0.3 is 4.74 Å². The molecule has 3 nitrogen and oxygen atoms in total. The Hall–Kier alpha value is -0.350. The average molecular weight is 289 g/mol. The fourth-order valence-corrected chi connectivity index (χ4v) is 2.23. The average Bonchev–Trinajstić information content (AvgIpc) is 2.55. The summed E-state index contributed by atoms with van der Waals surface area (Å²) in [6, 6.07) is 0. The number of aromatic nitrogens is 2. The normalized spacial score (nSPS) is 11.4. The van der Waals surface area contributed by atoms with Gasteiger partial charge in [0.1, 0.15) is 0 Å². The maximum absolute atomic E-state index is 5.67. The number of ether oxygens (including phenoxy) is 1. The molecule has 0 aliphatic carbocycles.